The van der Waals surface area contributed by atoms with Gasteiger partial charge in [0.15, 0.2) is 0 Å². The second-order valence-corrected chi connectivity index (χ2v) is 16.4. The van der Waals surface area contributed by atoms with Crippen LogP contribution in [0.1, 0.15) is 80.4 Å². The van der Waals surface area contributed by atoms with Gasteiger partial charge in [0.25, 0.3) is 5.91 Å². The molecular weight excluding hydrogens is 777 g/mol. The Morgan fingerprint density at radius 3 is 2.31 bits per heavy atom. The SMILES string of the molecule is COC(=O)N[C@H](C(=O)N1CCC[C@H]1c1nc2c(ccc3c4c(ccc32)-c2ccc(-c3cnc([C@H]5CCCN5C(=O)[C@@H](c5ccccc5)N(C)C(=O)O)[nH]3)cc2CO4)[nH]1)C(C)C. The smallest absolute Gasteiger partial charge is 0.407 e. The van der Waals surface area contributed by atoms with E-state index >= 15 is 0 Å². The van der Waals surface area contributed by atoms with E-state index < -0.39 is 24.3 Å². The molecule has 5 heterocycles. The molecule has 4 atom stereocenters. The van der Waals surface area contributed by atoms with Crippen molar-refractivity contribution in [3.8, 4) is 28.1 Å². The normalized spacial score (nSPS) is 18.1. The van der Waals surface area contributed by atoms with Gasteiger partial charge in [-0.15, -0.1) is 0 Å². The van der Waals surface area contributed by atoms with Crippen LogP contribution in [0.15, 0.2) is 79.0 Å². The van der Waals surface area contributed by atoms with Crippen LogP contribution in [0.5, 0.6) is 5.75 Å². The van der Waals surface area contributed by atoms with Gasteiger partial charge in [-0.05, 0) is 78.1 Å². The summed E-state index contributed by atoms with van der Waals surface area (Å²) in [6, 6.07) is 21.2. The fourth-order valence-corrected chi connectivity index (χ4v) is 9.28. The van der Waals surface area contributed by atoms with Crippen LogP contribution in [-0.2, 0) is 20.9 Å². The zero-order valence-corrected chi connectivity index (χ0v) is 34.5. The van der Waals surface area contributed by atoms with Gasteiger partial charge in [-0.3, -0.25) is 14.5 Å². The molecule has 3 aliphatic rings. The number of ether oxygens (including phenoxy) is 2. The zero-order valence-electron chi connectivity index (χ0n) is 34.5. The lowest BCUT2D eigenvalue weighted by atomic mass is 9.92. The maximum atomic E-state index is 14.1. The summed E-state index contributed by atoms with van der Waals surface area (Å²) in [7, 11) is 2.72. The highest BCUT2D eigenvalue weighted by molar-refractivity contribution is 6.09. The number of hydrogen-bond donors (Lipinski definition) is 4. The Hall–Kier alpha value is -6.90. The Morgan fingerprint density at radius 2 is 1.59 bits per heavy atom. The number of carbonyl (C=O) groups excluding carboxylic acids is 3. The molecule has 15 heteroatoms. The van der Waals surface area contributed by atoms with Gasteiger partial charge >= 0.3 is 12.2 Å². The number of alkyl carbamates (subject to hydrolysis) is 1. The molecule has 2 fully saturated rings. The predicted molar refractivity (Wildman–Crippen MR) is 227 cm³/mol. The van der Waals surface area contributed by atoms with Gasteiger partial charge in [-0.1, -0.05) is 62.4 Å². The van der Waals surface area contributed by atoms with E-state index in [2.05, 4.69) is 51.7 Å². The van der Waals surface area contributed by atoms with Gasteiger partial charge in [0.2, 0.25) is 5.91 Å². The number of H-pyrrole nitrogens is 2. The summed E-state index contributed by atoms with van der Waals surface area (Å²) >= 11 is 0. The third-order valence-electron chi connectivity index (χ3n) is 12.4. The number of benzene rings is 4. The van der Waals surface area contributed by atoms with Crippen LogP contribution < -0.4 is 10.1 Å². The summed E-state index contributed by atoms with van der Waals surface area (Å²) in [6.07, 6.45) is 3.04. The first-order valence-corrected chi connectivity index (χ1v) is 20.7. The number of nitrogens with zero attached hydrogens (tertiary/aromatic N) is 5. The highest BCUT2D eigenvalue weighted by atomic mass is 16.5. The first-order chi connectivity index (χ1) is 29.5. The summed E-state index contributed by atoms with van der Waals surface area (Å²) in [5.74, 6) is 1.59. The highest BCUT2D eigenvalue weighted by Gasteiger charge is 2.40. The Balaban J connectivity index is 0.960. The van der Waals surface area contributed by atoms with E-state index in [1.807, 2.05) is 30.9 Å². The number of methoxy groups -OCH3 is 1. The summed E-state index contributed by atoms with van der Waals surface area (Å²) in [6.45, 7) is 5.23. The third-order valence-corrected chi connectivity index (χ3v) is 12.4. The van der Waals surface area contributed by atoms with Crippen molar-refractivity contribution >= 4 is 45.8 Å². The molecule has 0 spiro atoms. The number of carboxylic acid groups (broad SMARTS) is 1. The quantitative estimate of drug-likeness (QED) is 0.113. The van der Waals surface area contributed by atoms with Crippen molar-refractivity contribution in [1.82, 2.24) is 40.0 Å². The lowest BCUT2D eigenvalue weighted by Gasteiger charge is -2.32. The van der Waals surface area contributed by atoms with Gasteiger partial charge in [-0.25, -0.2) is 19.6 Å². The predicted octanol–water partition coefficient (Wildman–Crippen LogP) is 7.72. The Kier molecular flexibility index (Phi) is 10.3. The number of nitrogens with one attached hydrogen (secondary N) is 3. The standard InChI is InChI=1S/C46H48N8O7/c1-25(2)37(51-45(57)60-4)43(55)53-20-9-13-36(53)42-48-33-19-18-32-30(38(33)50-42)16-17-31-29-15-14-27(22-28(29)24-61-40(31)32)34-23-47-41(49-34)35-12-8-21-54(35)44(56)39(52(3)46(58)59)26-10-6-5-7-11-26/h5-7,10-11,14-19,22-23,25,35-37,39H,8-9,12-13,20-21,24H2,1-4H3,(H,47,49)(H,48,50)(H,51,57)(H,58,59)/t35-,36+,37+,39-/m1/s1. The monoisotopic (exact) mass is 824 g/mol. The Morgan fingerprint density at radius 1 is 0.885 bits per heavy atom. The van der Waals surface area contributed by atoms with E-state index in [1.165, 1.54) is 14.2 Å². The largest absolute Gasteiger partial charge is 0.488 e. The minimum Gasteiger partial charge on any atom is -0.488 e. The Bertz CT molecular complexity index is 2670. The third kappa shape index (κ3) is 7.06. The highest BCUT2D eigenvalue weighted by Crippen LogP contribution is 2.45. The van der Waals surface area contributed by atoms with Crippen molar-refractivity contribution < 1.29 is 33.8 Å². The lowest BCUT2D eigenvalue weighted by Crippen LogP contribution is -2.51. The molecule has 4 amide bonds. The van der Waals surface area contributed by atoms with Crippen molar-refractivity contribution in [2.75, 3.05) is 27.2 Å². The fourth-order valence-electron chi connectivity index (χ4n) is 9.28. The Labute approximate surface area is 352 Å². The van der Waals surface area contributed by atoms with Gasteiger partial charge < -0.3 is 39.7 Å². The van der Waals surface area contributed by atoms with Crippen LogP contribution in [0.2, 0.25) is 0 Å². The molecule has 314 valence electrons. The van der Waals surface area contributed by atoms with Crippen LogP contribution in [0.3, 0.4) is 0 Å². The van der Waals surface area contributed by atoms with E-state index in [9.17, 15) is 24.3 Å². The first-order valence-electron chi connectivity index (χ1n) is 20.7. The van der Waals surface area contributed by atoms with E-state index in [0.717, 1.165) is 79.7 Å². The average Bonchev–Trinajstić information content (AvgIpc) is 4.11. The second-order valence-electron chi connectivity index (χ2n) is 16.4. The number of likely N-dealkylation sites (tertiary alicyclic amines) is 2. The minimum absolute atomic E-state index is 0.129. The molecule has 9 rings (SSSR count). The summed E-state index contributed by atoms with van der Waals surface area (Å²) in [5.41, 5.74) is 7.09. The maximum Gasteiger partial charge on any atom is 0.407 e. The molecule has 15 nitrogen and oxygen atoms in total. The molecular formula is C46H48N8O7. The van der Waals surface area contributed by atoms with Crippen molar-refractivity contribution in [3.63, 3.8) is 0 Å². The summed E-state index contributed by atoms with van der Waals surface area (Å²) < 4.78 is 11.3. The number of likely N-dealkylation sites (N-methyl/N-ethyl adjacent to an activating group) is 1. The van der Waals surface area contributed by atoms with Crippen LogP contribution in [0.4, 0.5) is 9.59 Å². The summed E-state index contributed by atoms with van der Waals surface area (Å²) in [4.78, 5) is 73.4. The van der Waals surface area contributed by atoms with Crippen molar-refractivity contribution in [2.24, 2.45) is 5.92 Å². The van der Waals surface area contributed by atoms with Gasteiger partial charge in [0.05, 0.1) is 42.1 Å². The molecule has 2 aromatic heterocycles. The molecule has 4 N–H and O–H groups in total. The van der Waals surface area contributed by atoms with Crippen LogP contribution in [0.25, 0.3) is 44.2 Å². The van der Waals surface area contributed by atoms with Crippen molar-refractivity contribution in [3.05, 3.63) is 102 Å². The molecule has 2 saturated heterocycles. The fraction of sp³-hybridized carbons (Fsp3) is 0.348. The lowest BCUT2D eigenvalue weighted by molar-refractivity contribution is -0.137. The number of hydrogen-bond acceptors (Lipinski definition) is 8. The van der Waals surface area contributed by atoms with Gasteiger partial charge in [-0.2, -0.15) is 0 Å². The number of imidazole rings is 2. The summed E-state index contributed by atoms with van der Waals surface area (Å²) in [5, 5.41) is 14.4. The van der Waals surface area contributed by atoms with Crippen LogP contribution >= 0.6 is 0 Å². The maximum absolute atomic E-state index is 14.1. The van der Waals surface area contributed by atoms with Crippen molar-refractivity contribution in [1.29, 1.82) is 0 Å². The molecule has 0 bridgehead atoms. The van der Waals surface area contributed by atoms with Crippen LogP contribution in [0, 0.1) is 5.92 Å². The second kappa shape index (κ2) is 15.9. The topological polar surface area (TPSA) is 186 Å². The van der Waals surface area contributed by atoms with E-state index in [-0.39, 0.29) is 29.8 Å². The van der Waals surface area contributed by atoms with Crippen molar-refractivity contribution in [2.45, 2.75) is 70.3 Å². The molecule has 0 saturated carbocycles. The van der Waals surface area contributed by atoms with Gasteiger partial charge in [0, 0.05) is 36.5 Å². The molecule has 61 heavy (non-hydrogen) atoms. The van der Waals surface area contributed by atoms with E-state index in [1.54, 1.807) is 35.4 Å². The average molecular weight is 825 g/mol. The molecule has 4 aromatic carbocycles. The van der Waals surface area contributed by atoms with Gasteiger partial charge in [0.1, 0.15) is 36.1 Å². The number of aromatic amines is 2. The first kappa shape index (κ1) is 39.6. The molecule has 0 aliphatic carbocycles. The number of fused-ring (bicyclic) bond motifs is 7. The number of aromatic nitrogens is 4. The molecule has 6 aromatic rings. The van der Waals surface area contributed by atoms with Crippen LogP contribution in [-0.4, -0.2) is 97.0 Å². The zero-order chi connectivity index (χ0) is 42.5. The van der Waals surface area contributed by atoms with E-state index in [4.69, 9.17) is 19.4 Å². The molecule has 0 unspecified atom stereocenters. The molecule has 0 radical (unpaired) electrons. The minimum atomic E-state index is -1.18. The molecule has 3 aliphatic heterocycles. The number of amides is 4. The number of rotatable bonds is 9. The van der Waals surface area contributed by atoms with E-state index in [0.29, 0.717) is 43.3 Å². The number of carbonyl (C=O) groups is 4.